The number of carboxylic acid groups (broad SMARTS) is 1. The van der Waals surface area contributed by atoms with Crippen LogP contribution < -0.4 is 10.6 Å². The third kappa shape index (κ3) is 5.56. The fourth-order valence-corrected chi connectivity index (χ4v) is 7.62. The predicted octanol–water partition coefficient (Wildman–Crippen LogP) is 2.29. The van der Waals surface area contributed by atoms with Crippen LogP contribution in [-0.4, -0.2) is 95.6 Å². The summed E-state index contributed by atoms with van der Waals surface area (Å²) in [5.41, 5.74) is 9.13. The Labute approximate surface area is 257 Å². The Morgan fingerprint density at radius 2 is 1.70 bits per heavy atom. The normalized spacial score (nSPS) is 22.0. The van der Waals surface area contributed by atoms with E-state index in [1.165, 1.54) is 12.1 Å². The monoisotopic (exact) mass is 600 g/mol. The van der Waals surface area contributed by atoms with Crippen LogP contribution in [0.15, 0.2) is 42.5 Å². The van der Waals surface area contributed by atoms with Crippen LogP contribution in [0.25, 0.3) is 0 Å². The number of aromatic carboxylic acids is 1. The summed E-state index contributed by atoms with van der Waals surface area (Å²) < 4.78 is 0. The number of hydrogen-bond donors (Lipinski definition) is 3. The van der Waals surface area contributed by atoms with E-state index in [-0.39, 0.29) is 46.9 Å². The summed E-state index contributed by atoms with van der Waals surface area (Å²) in [5.74, 6) is -1.22. The van der Waals surface area contributed by atoms with Gasteiger partial charge in [-0.05, 0) is 79.5 Å². The second kappa shape index (κ2) is 11.7. The van der Waals surface area contributed by atoms with Gasteiger partial charge in [-0.1, -0.05) is 24.3 Å². The van der Waals surface area contributed by atoms with Crippen molar-refractivity contribution < 1.29 is 24.3 Å². The minimum absolute atomic E-state index is 0.00377. The summed E-state index contributed by atoms with van der Waals surface area (Å²) >= 11 is 0. The van der Waals surface area contributed by atoms with Gasteiger partial charge in [0.05, 0.1) is 12.1 Å². The van der Waals surface area contributed by atoms with E-state index in [0.717, 1.165) is 62.1 Å². The highest BCUT2D eigenvalue weighted by Crippen LogP contribution is 2.54. The van der Waals surface area contributed by atoms with Crippen molar-refractivity contribution in [1.82, 2.24) is 14.7 Å². The van der Waals surface area contributed by atoms with E-state index >= 15 is 0 Å². The lowest BCUT2D eigenvalue weighted by atomic mass is 9.57. The van der Waals surface area contributed by atoms with Crippen molar-refractivity contribution in [2.24, 2.45) is 17.1 Å². The molecule has 6 rings (SSSR count). The molecule has 11 heteroatoms. The molecule has 1 atom stereocenters. The molecule has 2 saturated heterocycles. The molecule has 4 N–H and O–H groups in total. The van der Waals surface area contributed by atoms with Crippen molar-refractivity contribution in [3.05, 3.63) is 64.7 Å². The number of hydrogen-bond acceptors (Lipinski definition) is 6. The Hall–Kier alpha value is -4.25. The van der Waals surface area contributed by atoms with Gasteiger partial charge >= 0.3 is 5.97 Å². The zero-order chi connectivity index (χ0) is 31.2. The number of likely N-dealkylation sites (tertiary alicyclic amines) is 1. The third-order valence-corrected chi connectivity index (χ3v) is 10.1. The highest BCUT2D eigenvalue weighted by Gasteiger charge is 2.51. The van der Waals surface area contributed by atoms with Crippen molar-refractivity contribution in [2.75, 3.05) is 51.2 Å². The SMILES string of the molecule is CN1CCN(c2cccc3c2CCN(C(=O)C2CC4(CCN(C(=N)N)CC4)C2)[C@@H]3C(=O)Cc2ccc(C(=O)O)cc2)C(=O)C1. The molecule has 3 fully saturated rings. The number of rotatable bonds is 6. The van der Waals surface area contributed by atoms with E-state index in [9.17, 15) is 24.3 Å². The lowest BCUT2D eigenvalue weighted by Gasteiger charge is -2.53. The molecule has 2 aromatic rings. The average Bonchev–Trinajstić information content (AvgIpc) is 2.99. The Balaban J connectivity index is 1.27. The average molecular weight is 601 g/mol. The third-order valence-electron chi connectivity index (χ3n) is 10.1. The van der Waals surface area contributed by atoms with Crippen LogP contribution in [0, 0.1) is 16.7 Å². The minimum atomic E-state index is -1.03. The first-order valence-corrected chi connectivity index (χ1v) is 15.4. The van der Waals surface area contributed by atoms with Gasteiger partial charge in [-0.3, -0.25) is 24.7 Å². The van der Waals surface area contributed by atoms with Gasteiger partial charge in [0.15, 0.2) is 11.7 Å². The van der Waals surface area contributed by atoms with Crippen LogP contribution in [0.5, 0.6) is 0 Å². The number of ketones is 1. The van der Waals surface area contributed by atoms with Gasteiger partial charge < -0.3 is 25.5 Å². The number of nitrogens with zero attached hydrogens (tertiary/aromatic N) is 4. The first kappa shape index (κ1) is 29.8. The molecule has 232 valence electrons. The number of carboxylic acids is 1. The smallest absolute Gasteiger partial charge is 0.335 e. The molecule has 0 bridgehead atoms. The molecule has 0 unspecified atom stereocenters. The summed E-state index contributed by atoms with van der Waals surface area (Å²) in [7, 11) is 1.92. The van der Waals surface area contributed by atoms with Crippen molar-refractivity contribution in [2.45, 2.75) is 44.6 Å². The minimum Gasteiger partial charge on any atom is -0.478 e. The molecule has 3 heterocycles. The van der Waals surface area contributed by atoms with Crippen molar-refractivity contribution in [1.29, 1.82) is 5.41 Å². The quantitative estimate of drug-likeness (QED) is 0.338. The van der Waals surface area contributed by atoms with Crippen LogP contribution >= 0.6 is 0 Å². The molecule has 0 radical (unpaired) electrons. The maximum atomic E-state index is 14.1. The Morgan fingerprint density at radius 1 is 1.00 bits per heavy atom. The van der Waals surface area contributed by atoms with Crippen LogP contribution in [-0.2, 0) is 27.2 Å². The number of Topliss-reactive ketones (excluding diaryl/α,β-unsaturated/α-hetero) is 1. The van der Waals surface area contributed by atoms with Gasteiger partial charge in [-0.25, -0.2) is 4.79 Å². The van der Waals surface area contributed by atoms with E-state index in [1.54, 1.807) is 17.0 Å². The topological polar surface area (TPSA) is 151 Å². The van der Waals surface area contributed by atoms with E-state index in [4.69, 9.17) is 11.1 Å². The number of anilines is 1. The summed E-state index contributed by atoms with van der Waals surface area (Å²) in [6, 6.07) is 11.2. The van der Waals surface area contributed by atoms with Crippen LogP contribution in [0.1, 0.15) is 58.8 Å². The number of piperazine rings is 1. The fourth-order valence-electron chi connectivity index (χ4n) is 7.62. The van der Waals surface area contributed by atoms with Crippen LogP contribution in [0.3, 0.4) is 0 Å². The van der Waals surface area contributed by atoms with Gasteiger partial charge in [0.1, 0.15) is 6.04 Å². The number of amides is 2. The number of benzene rings is 2. The molecule has 1 spiro atoms. The Kier molecular flexibility index (Phi) is 7.91. The summed E-state index contributed by atoms with van der Waals surface area (Å²) in [6.07, 6.45) is 3.95. The first-order chi connectivity index (χ1) is 21.0. The highest BCUT2D eigenvalue weighted by atomic mass is 16.4. The Bertz CT molecular complexity index is 1490. The standard InChI is InChI=1S/C33H40N6O5/c1-36-15-16-38(28(41)20-36)26-4-2-3-25-24(26)9-12-39(29(25)27(40)17-21-5-7-22(8-6-21)31(43)44)30(42)23-18-33(19-23)10-13-37(14-11-33)32(34)35/h2-8,23,29H,9-20H2,1H3,(H3,34,35)(H,43,44)/t29-/m0/s1. The van der Waals surface area contributed by atoms with Gasteiger partial charge in [0.25, 0.3) is 0 Å². The summed E-state index contributed by atoms with van der Waals surface area (Å²) in [4.78, 5) is 60.1. The summed E-state index contributed by atoms with van der Waals surface area (Å²) in [5, 5.41) is 17.0. The molecular formula is C33H40N6O5. The number of carbonyl (C=O) groups excluding carboxylic acids is 3. The van der Waals surface area contributed by atoms with Crippen molar-refractivity contribution in [3.8, 4) is 0 Å². The van der Waals surface area contributed by atoms with Gasteiger partial charge in [0.2, 0.25) is 11.8 Å². The number of guanidine groups is 1. The maximum absolute atomic E-state index is 14.1. The van der Waals surface area contributed by atoms with Gasteiger partial charge in [-0.15, -0.1) is 0 Å². The molecule has 0 aromatic heterocycles. The first-order valence-electron chi connectivity index (χ1n) is 15.4. The molecule has 1 aliphatic carbocycles. The zero-order valence-electron chi connectivity index (χ0n) is 25.1. The molecule has 11 nitrogen and oxygen atoms in total. The second-order valence-electron chi connectivity index (χ2n) is 12.9. The number of carbonyl (C=O) groups is 4. The zero-order valence-corrected chi connectivity index (χ0v) is 25.1. The number of nitrogens with two attached hydrogens (primary N) is 1. The summed E-state index contributed by atoms with van der Waals surface area (Å²) in [6.45, 7) is 3.49. The van der Waals surface area contributed by atoms with Crippen molar-refractivity contribution in [3.63, 3.8) is 0 Å². The maximum Gasteiger partial charge on any atom is 0.335 e. The number of fused-ring (bicyclic) bond motifs is 1. The molecule has 44 heavy (non-hydrogen) atoms. The van der Waals surface area contributed by atoms with E-state index in [1.807, 2.05) is 39.9 Å². The molecule has 2 aromatic carbocycles. The van der Waals surface area contributed by atoms with Crippen LogP contribution in [0.4, 0.5) is 5.69 Å². The molecule has 2 amide bonds. The highest BCUT2D eigenvalue weighted by molar-refractivity contribution is 5.98. The lowest BCUT2D eigenvalue weighted by molar-refractivity contribution is -0.151. The lowest BCUT2D eigenvalue weighted by Crippen LogP contribution is -2.55. The number of nitrogens with one attached hydrogen (secondary N) is 1. The Morgan fingerprint density at radius 3 is 2.34 bits per heavy atom. The largest absolute Gasteiger partial charge is 0.478 e. The van der Waals surface area contributed by atoms with Gasteiger partial charge in [0, 0.05) is 50.7 Å². The molecular weight excluding hydrogens is 560 g/mol. The molecule has 1 saturated carbocycles. The fraction of sp³-hybridized carbons (Fsp3) is 0.485. The second-order valence-corrected chi connectivity index (χ2v) is 12.9. The number of piperidine rings is 1. The van der Waals surface area contributed by atoms with Crippen LogP contribution in [0.2, 0.25) is 0 Å². The molecule has 4 aliphatic rings. The van der Waals surface area contributed by atoms with E-state index in [2.05, 4.69) is 0 Å². The molecule has 3 aliphatic heterocycles. The number of likely N-dealkylation sites (N-methyl/N-ethyl adjacent to an activating group) is 1. The van der Waals surface area contributed by atoms with Gasteiger partial charge in [-0.2, -0.15) is 0 Å². The predicted molar refractivity (Wildman–Crippen MR) is 164 cm³/mol. The van der Waals surface area contributed by atoms with E-state index < -0.39 is 12.0 Å². The van der Waals surface area contributed by atoms with Crippen molar-refractivity contribution >= 4 is 35.2 Å². The van der Waals surface area contributed by atoms with E-state index in [0.29, 0.717) is 31.6 Å².